The first-order valence-corrected chi connectivity index (χ1v) is 7.25. The van der Waals surface area contributed by atoms with E-state index < -0.39 is 0 Å². The lowest BCUT2D eigenvalue weighted by atomic mass is 9.86. The van der Waals surface area contributed by atoms with Crippen LogP contribution in [0.3, 0.4) is 0 Å². The van der Waals surface area contributed by atoms with Gasteiger partial charge in [0.25, 0.3) is 0 Å². The highest BCUT2D eigenvalue weighted by atomic mass is 16.2. The van der Waals surface area contributed by atoms with Crippen LogP contribution >= 0.6 is 0 Å². The Labute approximate surface area is 115 Å². The minimum atomic E-state index is -0.0414. The molecule has 1 saturated carbocycles. The first-order valence-electron chi connectivity index (χ1n) is 7.25. The zero-order chi connectivity index (χ0) is 13.7. The monoisotopic (exact) mass is 260 g/mol. The molecule has 3 nitrogen and oxygen atoms in total. The molecule has 0 spiro atoms. The molecule has 0 saturated heterocycles. The summed E-state index contributed by atoms with van der Waals surface area (Å²) in [6.07, 6.45) is 4.86. The summed E-state index contributed by atoms with van der Waals surface area (Å²) in [5, 5.41) is 6.05. The Hall–Kier alpha value is -1.51. The van der Waals surface area contributed by atoms with Crippen molar-refractivity contribution in [1.29, 1.82) is 0 Å². The third-order valence-electron chi connectivity index (χ3n) is 3.96. The Morgan fingerprint density at radius 1 is 1.32 bits per heavy atom. The molecule has 0 aliphatic heterocycles. The van der Waals surface area contributed by atoms with Crippen molar-refractivity contribution in [1.82, 2.24) is 10.6 Å². The van der Waals surface area contributed by atoms with Gasteiger partial charge in [-0.1, -0.05) is 49.6 Å². The molecule has 2 atom stereocenters. The molecule has 19 heavy (non-hydrogen) atoms. The maximum absolute atomic E-state index is 11.9. The number of hydrogen-bond donors (Lipinski definition) is 2. The summed E-state index contributed by atoms with van der Waals surface area (Å²) < 4.78 is 0. The smallest absolute Gasteiger partial charge is 0.315 e. The normalized spacial score (nSPS) is 22.8. The maximum atomic E-state index is 11.9. The quantitative estimate of drug-likeness (QED) is 0.859. The van der Waals surface area contributed by atoms with E-state index in [1.54, 1.807) is 0 Å². The summed E-state index contributed by atoms with van der Waals surface area (Å²) in [5.41, 5.74) is 2.37. The van der Waals surface area contributed by atoms with Gasteiger partial charge in [0.15, 0.2) is 0 Å². The Morgan fingerprint density at radius 2 is 2.11 bits per heavy atom. The summed E-state index contributed by atoms with van der Waals surface area (Å²) in [4.78, 5) is 11.9. The lowest BCUT2D eigenvalue weighted by molar-refractivity contribution is 0.221. The van der Waals surface area contributed by atoms with Gasteiger partial charge in [-0.2, -0.15) is 0 Å². The fourth-order valence-electron chi connectivity index (χ4n) is 2.75. The molecule has 1 aliphatic carbocycles. The van der Waals surface area contributed by atoms with Crippen LogP contribution in [0.5, 0.6) is 0 Å². The predicted molar refractivity (Wildman–Crippen MR) is 78.0 cm³/mol. The van der Waals surface area contributed by atoms with Crippen molar-refractivity contribution in [3.8, 4) is 0 Å². The number of urea groups is 1. The second-order valence-electron chi connectivity index (χ2n) is 5.68. The van der Waals surface area contributed by atoms with Gasteiger partial charge >= 0.3 is 6.03 Å². The Morgan fingerprint density at radius 3 is 2.84 bits per heavy atom. The Kier molecular flexibility index (Phi) is 4.83. The van der Waals surface area contributed by atoms with E-state index in [0.29, 0.717) is 18.5 Å². The van der Waals surface area contributed by atoms with E-state index in [0.717, 1.165) is 12.0 Å². The second kappa shape index (κ2) is 6.60. The molecule has 1 aliphatic rings. The maximum Gasteiger partial charge on any atom is 0.315 e. The van der Waals surface area contributed by atoms with Crippen LogP contribution in [0.15, 0.2) is 24.3 Å². The molecule has 1 aromatic rings. The average Bonchev–Trinajstić information content (AvgIpc) is 2.39. The third kappa shape index (κ3) is 4.27. The fraction of sp³-hybridized carbons (Fsp3) is 0.562. The zero-order valence-corrected chi connectivity index (χ0v) is 11.9. The number of aryl methyl sites for hydroxylation is 1. The van der Waals surface area contributed by atoms with Crippen molar-refractivity contribution in [3.63, 3.8) is 0 Å². The van der Waals surface area contributed by atoms with Crippen molar-refractivity contribution in [2.24, 2.45) is 5.92 Å². The summed E-state index contributed by atoms with van der Waals surface area (Å²) in [6.45, 7) is 4.88. The lowest BCUT2D eigenvalue weighted by Gasteiger charge is -2.29. The Bertz CT molecular complexity index is 431. The van der Waals surface area contributed by atoms with Crippen molar-refractivity contribution in [3.05, 3.63) is 35.4 Å². The van der Waals surface area contributed by atoms with E-state index in [9.17, 15) is 4.79 Å². The summed E-state index contributed by atoms with van der Waals surface area (Å²) >= 11 is 0. The molecule has 2 N–H and O–H groups in total. The number of carbonyl (C=O) groups is 1. The van der Waals surface area contributed by atoms with Crippen LogP contribution in [0.25, 0.3) is 0 Å². The molecule has 3 heteroatoms. The largest absolute Gasteiger partial charge is 0.335 e. The number of carbonyl (C=O) groups excluding carboxylic acids is 1. The highest BCUT2D eigenvalue weighted by Gasteiger charge is 2.22. The fourth-order valence-corrected chi connectivity index (χ4v) is 2.75. The van der Waals surface area contributed by atoms with Gasteiger partial charge < -0.3 is 10.6 Å². The third-order valence-corrected chi connectivity index (χ3v) is 3.96. The van der Waals surface area contributed by atoms with E-state index in [4.69, 9.17) is 0 Å². The Balaban J connectivity index is 1.78. The van der Waals surface area contributed by atoms with Gasteiger partial charge in [0.05, 0.1) is 0 Å². The van der Waals surface area contributed by atoms with Crippen LogP contribution in [0.1, 0.15) is 43.7 Å². The van der Waals surface area contributed by atoms with E-state index in [1.807, 2.05) is 12.1 Å². The van der Waals surface area contributed by atoms with Crippen LogP contribution in [0, 0.1) is 12.8 Å². The first-order chi connectivity index (χ1) is 9.15. The molecule has 0 heterocycles. The predicted octanol–water partition coefficient (Wildman–Crippen LogP) is 3.37. The highest BCUT2D eigenvalue weighted by Crippen LogP contribution is 2.23. The summed E-state index contributed by atoms with van der Waals surface area (Å²) in [5.74, 6) is 0.596. The van der Waals surface area contributed by atoms with Crippen LogP contribution in [0.4, 0.5) is 4.79 Å². The van der Waals surface area contributed by atoms with Crippen LogP contribution in [-0.4, -0.2) is 12.1 Å². The topological polar surface area (TPSA) is 41.1 Å². The molecule has 2 amide bonds. The van der Waals surface area contributed by atoms with Gasteiger partial charge in [-0.25, -0.2) is 4.79 Å². The van der Waals surface area contributed by atoms with Crippen molar-refractivity contribution in [2.45, 2.75) is 52.1 Å². The molecule has 0 bridgehead atoms. The number of amides is 2. The number of benzene rings is 1. The van der Waals surface area contributed by atoms with Gasteiger partial charge in [-0.3, -0.25) is 0 Å². The van der Waals surface area contributed by atoms with E-state index in [2.05, 4.69) is 36.6 Å². The van der Waals surface area contributed by atoms with Crippen molar-refractivity contribution in [2.75, 3.05) is 0 Å². The van der Waals surface area contributed by atoms with Gasteiger partial charge in [0.2, 0.25) is 0 Å². The standard InChI is InChI=1S/C16H24N2O/c1-12-6-5-8-14(10-12)11-17-16(19)18-15-9-4-3-7-13(15)2/h5-6,8,10,13,15H,3-4,7,9,11H2,1-2H3,(H2,17,18,19). The van der Waals surface area contributed by atoms with Gasteiger partial charge in [-0.05, 0) is 31.2 Å². The number of hydrogen-bond acceptors (Lipinski definition) is 1. The molecule has 0 aromatic heterocycles. The average molecular weight is 260 g/mol. The summed E-state index contributed by atoms with van der Waals surface area (Å²) in [7, 11) is 0. The molecule has 1 aromatic carbocycles. The molecule has 104 valence electrons. The molecule has 1 fully saturated rings. The molecular formula is C16H24N2O. The SMILES string of the molecule is Cc1cccc(CNC(=O)NC2CCCCC2C)c1. The number of rotatable bonds is 3. The van der Waals surface area contributed by atoms with Crippen molar-refractivity contribution >= 4 is 6.03 Å². The minimum absolute atomic E-state index is 0.0414. The summed E-state index contributed by atoms with van der Waals surface area (Å²) in [6, 6.07) is 8.52. The second-order valence-corrected chi connectivity index (χ2v) is 5.68. The first kappa shape index (κ1) is 13.9. The van der Waals surface area contributed by atoms with Crippen LogP contribution in [0.2, 0.25) is 0 Å². The molecular weight excluding hydrogens is 236 g/mol. The molecule has 2 unspecified atom stereocenters. The molecule has 0 radical (unpaired) electrons. The molecule has 2 rings (SSSR count). The minimum Gasteiger partial charge on any atom is -0.335 e. The van der Waals surface area contributed by atoms with Crippen LogP contribution < -0.4 is 10.6 Å². The van der Waals surface area contributed by atoms with E-state index in [1.165, 1.54) is 24.8 Å². The van der Waals surface area contributed by atoms with E-state index in [-0.39, 0.29) is 6.03 Å². The van der Waals surface area contributed by atoms with Crippen molar-refractivity contribution < 1.29 is 4.79 Å². The highest BCUT2D eigenvalue weighted by molar-refractivity contribution is 5.74. The van der Waals surface area contributed by atoms with Gasteiger partial charge in [0, 0.05) is 12.6 Å². The van der Waals surface area contributed by atoms with Crippen LogP contribution in [-0.2, 0) is 6.54 Å². The lowest BCUT2D eigenvalue weighted by Crippen LogP contribution is -2.45. The zero-order valence-electron chi connectivity index (χ0n) is 11.9. The number of nitrogens with one attached hydrogen (secondary N) is 2. The van der Waals surface area contributed by atoms with E-state index >= 15 is 0 Å². The van der Waals surface area contributed by atoms with Gasteiger partial charge in [0.1, 0.15) is 0 Å². The van der Waals surface area contributed by atoms with Gasteiger partial charge in [-0.15, -0.1) is 0 Å².